The molecule has 0 unspecified atom stereocenters. The highest BCUT2D eigenvalue weighted by Crippen LogP contribution is 2.16. The SMILES string of the molecule is O=C(CCc1ccccc1)NNC(=O)NC1CCCCC1. The molecule has 0 heterocycles. The Kier molecular flexibility index (Phi) is 6.06. The van der Waals surface area contributed by atoms with Crippen LogP contribution in [0.15, 0.2) is 30.3 Å². The molecule has 0 saturated heterocycles. The molecule has 0 bridgehead atoms. The molecule has 0 radical (unpaired) electrons. The predicted molar refractivity (Wildman–Crippen MR) is 81.4 cm³/mol. The van der Waals surface area contributed by atoms with Crippen LogP contribution in [0.1, 0.15) is 44.1 Å². The maximum atomic E-state index is 11.7. The van der Waals surface area contributed by atoms with Crippen molar-refractivity contribution in [2.45, 2.75) is 51.0 Å². The molecule has 1 saturated carbocycles. The second-order valence-corrected chi connectivity index (χ2v) is 5.47. The second kappa shape index (κ2) is 8.29. The number of amides is 3. The minimum absolute atomic E-state index is 0.183. The van der Waals surface area contributed by atoms with Gasteiger partial charge in [0.25, 0.3) is 0 Å². The summed E-state index contributed by atoms with van der Waals surface area (Å²) in [6.45, 7) is 0. The van der Waals surface area contributed by atoms with E-state index in [1.54, 1.807) is 0 Å². The number of rotatable bonds is 4. The van der Waals surface area contributed by atoms with Gasteiger partial charge in [-0.15, -0.1) is 0 Å². The van der Waals surface area contributed by atoms with Crippen molar-refractivity contribution in [2.75, 3.05) is 0 Å². The number of aryl methyl sites for hydroxylation is 1. The van der Waals surface area contributed by atoms with Gasteiger partial charge in [0.15, 0.2) is 0 Å². The molecule has 2 rings (SSSR count). The van der Waals surface area contributed by atoms with Gasteiger partial charge in [-0.05, 0) is 24.8 Å². The van der Waals surface area contributed by atoms with E-state index in [0.29, 0.717) is 12.8 Å². The van der Waals surface area contributed by atoms with Gasteiger partial charge >= 0.3 is 6.03 Å². The van der Waals surface area contributed by atoms with Crippen LogP contribution < -0.4 is 16.2 Å². The normalized spacial score (nSPS) is 15.2. The Hall–Kier alpha value is -2.04. The van der Waals surface area contributed by atoms with Gasteiger partial charge in [0.2, 0.25) is 5.91 Å². The van der Waals surface area contributed by atoms with Gasteiger partial charge in [0.1, 0.15) is 0 Å². The quantitative estimate of drug-likeness (QED) is 0.744. The van der Waals surface area contributed by atoms with Crippen LogP contribution in [0.4, 0.5) is 4.79 Å². The number of urea groups is 1. The molecule has 0 aromatic heterocycles. The lowest BCUT2D eigenvalue weighted by Crippen LogP contribution is -2.50. The number of carbonyl (C=O) groups excluding carboxylic acids is 2. The summed E-state index contributed by atoms with van der Waals surface area (Å²) >= 11 is 0. The average molecular weight is 289 g/mol. The maximum absolute atomic E-state index is 11.7. The molecule has 1 aliphatic carbocycles. The standard InChI is InChI=1S/C16H23N3O2/c20-15(12-11-13-7-3-1-4-8-13)18-19-16(21)17-14-9-5-2-6-10-14/h1,3-4,7-8,14H,2,5-6,9-12H2,(H,18,20)(H2,17,19,21). The van der Waals surface area contributed by atoms with Crippen molar-refractivity contribution in [1.82, 2.24) is 16.2 Å². The third kappa shape index (κ3) is 5.85. The Morgan fingerprint density at radius 1 is 1.00 bits per heavy atom. The third-order valence-electron chi connectivity index (χ3n) is 3.74. The monoisotopic (exact) mass is 289 g/mol. The number of hydrazine groups is 1. The fourth-order valence-electron chi connectivity index (χ4n) is 2.56. The van der Waals surface area contributed by atoms with Gasteiger partial charge in [0, 0.05) is 12.5 Å². The van der Waals surface area contributed by atoms with Gasteiger partial charge < -0.3 is 5.32 Å². The van der Waals surface area contributed by atoms with Crippen molar-refractivity contribution in [2.24, 2.45) is 0 Å². The minimum Gasteiger partial charge on any atom is -0.334 e. The molecule has 5 nitrogen and oxygen atoms in total. The van der Waals surface area contributed by atoms with Crippen LogP contribution in [-0.2, 0) is 11.2 Å². The van der Waals surface area contributed by atoms with E-state index in [1.165, 1.54) is 6.42 Å². The number of benzene rings is 1. The Labute approximate surface area is 125 Å². The summed E-state index contributed by atoms with van der Waals surface area (Å²) < 4.78 is 0. The maximum Gasteiger partial charge on any atom is 0.333 e. The molecule has 114 valence electrons. The van der Waals surface area contributed by atoms with Gasteiger partial charge in [-0.25, -0.2) is 10.2 Å². The molecule has 0 aliphatic heterocycles. The molecule has 5 heteroatoms. The molecule has 21 heavy (non-hydrogen) atoms. The molecule has 0 atom stereocenters. The lowest BCUT2D eigenvalue weighted by molar-refractivity contribution is -0.121. The van der Waals surface area contributed by atoms with Crippen LogP contribution in [0.25, 0.3) is 0 Å². The molecule has 1 aromatic rings. The van der Waals surface area contributed by atoms with Gasteiger partial charge in [-0.3, -0.25) is 10.2 Å². The Morgan fingerprint density at radius 2 is 1.71 bits per heavy atom. The molecule has 1 fully saturated rings. The van der Waals surface area contributed by atoms with Crippen LogP contribution in [0.3, 0.4) is 0 Å². The summed E-state index contributed by atoms with van der Waals surface area (Å²) in [5.74, 6) is -0.183. The van der Waals surface area contributed by atoms with E-state index in [2.05, 4.69) is 16.2 Å². The summed E-state index contributed by atoms with van der Waals surface area (Å²) in [4.78, 5) is 23.3. The third-order valence-corrected chi connectivity index (χ3v) is 3.74. The van der Waals surface area contributed by atoms with Crippen molar-refractivity contribution in [1.29, 1.82) is 0 Å². The number of hydrogen-bond acceptors (Lipinski definition) is 2. The van der Waals surface area contributed by atoms with Gasteiger partial charge in [0.05, 0.1) is 0 Å². The van der Waals surface area contributed by atoms with E-state index in [0.717, 1.165) is 31.2 Å². The first-order valence-electron chi connectivity index (χ1n) is 7.63. The first-order chi connectivity index (χ1) is 10.2. The number of hydrogen-bond donors (Lipinski definition) is 3. The molecular weight excluding hydrogens is 266 g/mol. The smallest absolute Gasteiger partial charge is 0.333 e. The zero-order chi connectivity index (χ0) is 14.9. The molecule has 1 aliphatic rings. The summed E-state index contributed by atoms with van der Waals surface area (Å²) in [6.07, 6.45) is 6.63. The zero-order valence-corrected chi connectivity index (χ0v) is 12.2. The first-order valence-corrected chi connectivity index (χ1v) is 7.63. The second-order valence-electron chi connectivity index (χ2n) is 5.47. The largest absolute Gasteiger partial charge is 0.334 e. The van der Waals surface area contributed by atoms with E-state index in [1.807, 2.05) is 30.3 Å². The van der Waals surface area contributed by atoms with Crippen LogP contribution in [-0.4, -0.2) is 18.0 Å². The van der Waals surface area contributed by atoms with Crippen LogP contribution in [0, 0.1) is 0 Å². The fourth-order valence-corrected chi connectivity index (χ4v) is 2.56. The Bertz CT molecular complexity index is 456. The summed E-state index contributed by atoms with van der Waals surface area (Å²) in [7, 11) is 0. The number of carbonyl (C=O) groups is 2. The van der Waals surface area contributed by atoms with E-state index in [9.17, 15) is 9.59 Å². The fraction of sp³-hybridized carbons (Fsp3) is 0.500. The molecule has 1 aromatic carbocycles. The zero-order valence-electron chi connectivity index (χ0n) is 12.2. The van der Waals surface area contributed by atoms with Crippen molar-refractivity contribution < 1.29 is 9.59 Å². The summed E-state index contributed by atoms with van der Waals surface area (Å²) in [6, 6.07) is 9.72. The predicted octanol–water partition coefficient (Wildman–Crippen LogP) is 2.28. The van der Waals surface area contributed by atoms with Crippen molar-refractivity contribution >= 4 is 11.9 Å². The average Bonchev–Trinajstić information content (AvgIpc) is 2.53. The van der Waals surface area contributed by atoms with Crippen LogP contribution >= 0.6 is 0 Å². The van der Waals surface area contributed by atoms with E-state index in [4.69, 9.17) is 0 Å². The van der Waals surface area contributed by atoms with E-state index < -0.39 is 0 Å². The van der Waals surface area contributed by atoms with Gasteiger partial charge in [-0.2, -0.15) is 0 Å². The Balaban J connectivity index is 1.60. The number of nitrogens with one attached hydrogen (secondary N) is 3. The molecule has 3 N–H and O–H groups in total. The Morgan fingerprint density at radius 3 is 2.43 bits per heavy atom. The first kappa shape index (κ1) is 15.4. The molecule has 0 spiro atoms. The molecular formula is C16H23N3O2. The van der Waals surface area contributed by atoms with Crippen molar-refractivity contribution in [3.63, 3.8) is 0 Å². The lowest BCUT2D eigenvalue weighted by atomic mass is 9.96. The van der Waals surface area contributed by atoms with E-state index >= 15 is 0 Å². The van der Waals surface area contributed by atoms with Crippen molar-refractivity contribution in [3.05, 3.63) is 35.9 Å². The van der Waals surface area contributed by atoms with E-state index in [-0.39, 0.29) is 18.0 Å². The highest BCUT2D eigenvalue weighted by molar-refractivity contribution is 5.81. The van der Waals surface area contributed by atoms with Crippen molar-refractivity contribution in [3.8, 4) is 0 Å². The van der Waals surface area contributed by atoms with Crippen LogP contribution in [0.2, 0.25) is 0 Å². The molecule has 3 amide bonds. The van der Waals surface area contributed by atoms with Gasteiger partial charge in [-0.1, -0.05) is 49.6 Å². The highest BCUT2D eigenvalue weighted by atomic mass is 16.2. The summed E-state index contributed by atoms with van der Waals surface area (Å²) in [5.41, 5.74) is 5.97. The van der Waals surface area contributed by atoms with Crippen LogP contribution in [0.5, 0.6) is 0 Å². The topological polar surface area (TPSA) is 70.2 Å². The summed E-state index contributed by atoms with van der Waals surface area (Å²) in [5, 5.41) is 2.88. The highest BCUT2D eigenvalue weighted by Gasteiger charge is 2.15. The minimum atomic E-state index is -0.324. The lowest BCUT2D eigenvalue weighted by Gasteiger charge is -2.22.